The fourth-order valence-corrected chi connectivity index (χ4v) is 1.51. The SMILES string of the molecule is CCNC(C)(C(=O)O)c1nccnc1C. The minimum Gasteiger partial charge on any atom is -0.480 e. The standard InChI is InChI=1S/C10H15N3O2/c1-4-13-10(3,9(14)15)8-7(2)11-5-6-12-8/h5-6,13H,4H2,1-3H3,(H,14,15). The van der Waals surface area contributed by atoms with Gasteiger partial charge < -0.3 is 5.11 Å². The first kappa shape index (κ1) is 11.6. The maximum absolute atomic E-state index is 11.2. The molecule has 5 nitrogen and oxygen atoms in total. The Morgan fingerprint density at radius 2 is 2.13 bits per heavy atom. The molecule has 0 aliphatic heterocycles. The van der Waals surface area contributed by atoms with Crippen LogP contribution >= 0.6 is 0 Å². The average molecular weight is 209 g/mol. The highest BCUT2D eigenvalue weighted by atomic mass is 16.4. The number of aryl methyl sites for hydroxylation is 1. The lowest BCUT2D eigenvalue weighted by Crippen LogP contribution is -2.47. The lowest BCUT2D eigenvalue weighted by Gasteiger charge is -2.25. The molecular formula is C10H15N3O2. The molecule has 0 aliphatic rings. The van der Waals surface area contributed by atoms with Gasteiger partial charge in [0.25, 0.3) is 0 Å². The Hall–Kier alpha value is -1.49. The molecule has 1 aromatic rings. The Bertz CT molecular complexity index is 367. The molecule has 0 aliphatic carbocycles. The second-order valence-corrected chi connectivity index (χ2v) is 3.45. The van der Waals surface area contributed by atoms with Gasteiger partial charge in [-0.15, -0.1) is 0 Å². The van der Waals surface area contributed by atoms with Crippen LogP contribution < -0.4 is 5.32 Å². The second-order valence-electron chi connectivity index (χ2n) is 3.45. The number of nitrogens with zero attached hydrogens (tertiary/aromatic N) is 2. The number of aliphatic carboxylic acids is 1. The number of likely N-dealkylation sites (N-methyl/N-ethyl adjacent to an activating group) is 1. The molecule has 0 saturated heterocycles. The third kappa shape index (κ3) is 2.12. The first-order chi connectivity index (χ1) is 7.02. The van der Waals surface area contributed by atoms with Gasteiger partial charge in [-0.1, -0.05) is 6.92 Å². The Kier molecular flexibility index (Phi) is 3.36. The summed E-state index contributed by atoms with van der Waals surface area (Å²) in [5.41, 5.74) is -0.0877. The van der Waals surface area contributed by atoms with Crippen LogP contribution in [0.1, 0.15) is 25.2 Å². The van der Waals surface area contributed by atoms with Gasteiger partial charge in [-0.3, -0.25) is 15.3 Å². The Morgan fingerprint density at radius 1 is 1.53 bits per heavy atom. The van der Waals surface area contributed by atoms with E-state index >= 15 is 0 Å². The molecule has 0 saturated carbocycles. The van der Waals surface area contributed by atoms with Crippen LogP contribution in [-0.4, -0.2) is 27.6 Å². The van der Waals surface area contributed by atoms with Gasteiger partial charge in [-0.25, -0.2) is 4.79 Å². The van der Waals surface area contributed by atoms with E-state index in [0.29, 0.717) is 17.9 Å². The van der Waals surface area contributed by atoms with Gasteiger partial charge in [0.1, 0.15) is 0 Å². The molecule has 2 N–H and O–H groups in total. The summed E-state index contributed by atoms with van der Waals surface area (Å²) in [4.78, 5) is 19.4. The first-order valence-corrected chi connectivity index (χ1v) is 4.79. The highest BCUT2D eigenvalue weighted by Crippen LogP contribution is 2.20. The second kappa shape index (κ2) is 4.35. The summed E-state index contributed by atoms with van der Waals surface area (Å²) in [7, 11) is 0. The number of hydrogen-bond donors (Lipinski definition) is 2. The predicted molar refractivity (Wildman–Crippen MR) is 55.4 cm³/mol. The fraction of sp³-hybridized carbons (Fsp3) is 0.500. The van der Waals surface area contributed by atoms with Crippen molar-refractivity contribution in [3.05, 3.63) is 23.8 Å². The fourth-order valence-electron chi connectivity index (χ4n) is 1.51. The van der Waals surface area contributed by atoms with Crippen LogP contribution in [-0.2, 0) is 10.3 Å². The minimum atomic E-state index is -1.17. The van der Waals surface area contributed by atoms with Gasteiger partial charge in [0.05, 0.1) is 11.4 Å². The molecular weight excluding hydrogens is 194 g/mol. The molecule has 0 aromatic carbocycles. The minimum absolute atomic E-state index is 0.458. The number of carboxylic acid groups (broad SMARTS) is 1. The Labute approximate surface area is 88.6 Å². The van der Waals surface area contributed by atoms with Crippen molar-refractivity contribution in [2.24, 2.45) is 0 Å². The van der Waals surface area contributed by atoms with E-state index in [2.05, 4.69) is 15.3 Å². The van der Waals surface area contributed by atoms with Crippen LogP contribution in [0, 0.1) is 6.92 Å². The van der Waals surface area contributed by atoms with Crippen LogP contribution in [0.25, 0.3) is 0 Å². The normalized spacial score (nSPS) is 14.6. The van der Waals surface area contributed by atoms with Crippen molar-refractivity contribution in [1.82, 2.24) is 15.3 Å². The van der Waals surface area contributed by atoms with Gasteiger partial charge >= 0.3 is 5.97 Å². The zero-order valence-electron chi connectivity index (χ0n) is 9.11. The summed E-state index contributed by atoms with van der Waals surface area (Å²) < 4.78 is 0. The molecule has 82 valence electrons. The number of hydrogen-bond acceptors (Lipinski definition) is 4. The summed E-state index contributed by atoms with van der Waals surface area (Å²) in [6.07, 6.45) is 3.05. The van der Waals surface area contributed by atoms with E-state index in [1.165, 1.54) is 6.20 Å². The maximum Gasteiger partial charge on any atom is 0.329 e. The zero-order valence-corrected chi connectivity index (χ0v) is 9.11. The molecule has 0 spiro atoms. The molecule has 1 rings (SSSR count). The van der Waals surface area contributed by atoms with E-state index in [1.807, 2.05) is 6.92 Å². The molecule has 0 amide bonds. The van der Waals surface area contributed by atoms with Crippen molar-refractivity contribution >= 4 is 5.97 Å². The topological polar surface area (TPSA) is 75.1 Å². The van der Waals surface area contributed by atoms with E-state index < -0.39 is 11.5 Å². The van der Waals surface area contributed by atoms with Gasteiger partial charge in [-0.2, -0.15) is 0 Å². The zero-order chi connectivity index (χ0) is 11.5. The molecule has 0 bridgehead atoms. The third-order valence-electron chi connectivity index (χ3n) is 2.31. The molecule has 0 fully saturated rings. The van der Waals surface area contributed by atoms with Crippen LogP contribution in [0.4, 0.5) is 0 Å². The summed E-state index contributed by atoms with van der Waals surface area (Å²) in [5.74, 6) is -0.951. The largest absolute Gasteiger partial charge is 0.480 e. The van der Waals surface area contributed by atoms with Gasteiger partial charge in [-0.05, 0) is 20.4 Å². The number of carboxylic acids is 1. The molecule has 0 radical (unpaired) electrons. The van der Waals surface area contributed by atoms with E-state index in [1.54, 1.807) is 20.0 Å². The number of carbonyl (C=O) groups is 1. The molecule has 15 heavy (non-hydrogen) atoms. The van der Waals surface area contributed by atoms with E-state index in [0.717, 1.165) is 0 Å². The summed E-state index contributed by atoms with van der Waals surface area (Å²) in [5, 5.41) is 12.1. The summed E-state index contributed by atoms with van der Waals surface area (Å²) >= 11 is 0. The van der Waals surface area contributed by atoms with Crippen molar-refractivity contribution in [3.8, 4) is 0 Å². The molecule has 1 heterocycles. The molecule has 1 unspecified atom stereocenters. The van der Waals surface area contributed by atoms with Crippen LogP contribution in [0.3, 0.4) is 0 Å². The molecule has 5 heteroatoms. The van der Waals surface area contributed by atoms with Crippen LogP contribution in [0.2, 0.25) is 0 Å². The summed E-state index contributed by atoms with van der Waals surface area (Å²) in [6.45, 7) is 5.75. The summed E-state index contributed by atoms with van der Waals surface area (Å²) in [6, 6.07) is 0. The van der Waals surface area contributed by atoms with Gasteiger partial charge in [0, 0.05) is 12.4 Å². The van der Waals surface area contributed by atoms with Crippen molar-refractivity contribution in [1.29, 1.82) is 0 Å². The van der Waals surface area contributed by atoms with Gasteiger partial charge in [0.15, 0.2) is 5.54 Å². The van der Waals surface area contributed by atoms with E-state index in [-0.39, 0.29) is 0 Å². The van der Waals surface area contributed by atoms with Crippen molar-refractivity contribution in [2.75, 3.05) is 6.54 Å². The smallest absolute Gasteiger partial charge is 0.329 e. The van der Waals surface area contributed by atoms with Crippen molar-refractivity contribution < 1.29 is 9.90 Å². The Balaban J connectivity index is 3.21. The van der Waals surface area contributed by atoms with Crippen LogP contribution in [0.15, 0.2) is 12.4 Å². The Morgan fingerprint density at radius 3 is 2.60 bits per heavy atom. The van der Waals surface area contributed by atoms with Crippen molar-refractivity contribution in [3.63, 3.8) is 0 Å². The van der Waals surface area contributed by atoms with E-state index in [9.17, 15) is 9.90 Å². The lowest BCUT2D eigenvalue weighted by atomic mass is 9.96. The molecule has 1 atom stereocenters. The van der Waals surface area contributed by atoms with Gasteiger partial charge in [0.2, 0.25) is 0 Å². The number of aromatic nitrogens is 2. The van der Waals surface area contributed by atoms with E-state index in [4.69, 9.17) is 0 Å². The quantitative estimate of drug-likeness (QED) is 0.763. The first-order valence-electron chi connectivity index (χ1n) is 4.79. The number of nitrogens with one attached hydrogen (secondary N) is 1. The highest BCUT2D eigenvalue weighted by molar-refractivity contribution is 5.79. The average Bonchev–Trinajstić information content (AvgIpc) is 2.18. The predicted octanol–water partition coefficient (Wildman–Crippen LogP) is 0.694. The maximum atomic E-state index is 11.2. The third-order valence-corrected chi connectivity index (χ3v) is 2.31. The number of rotatable bonds is 4. The highest BCUT2D eigenvalue weighted by Gasteiger charge is 2.37. The van der Waals surface area contributed by atoms with Crippen LogP contribution in [0.5, 0.6) is 0 Å². The van der Waals surface area contributed by atoms with Crippen molar-refractivity contribution in [2.45, 2.75) is 26.3 Å². The molecule has 1 aromatic heterocycles. The lowest BCUT2D eigenvalue weighted by molar-refractivity contribution is -0.144. The monoisotopic (exact) mass is 209 g/mol.